The van der Waals surface area contributed by atoms with Crippen molar-refractivity contribution in [1.29, 1.82) is 5.26 Å². The topological polar surface area (TPSA) is 126 Å². The normalized spacial score (nSPS) is 20.6. The first kappa shape index (κ1) is 34.4. The largest absolute Gasteiger partial charge is 0.490 e. The van der Waals surface area contributed by atoms with E-state index >= 15 is 0 Å². The number of carbonyl (C=O) groups excluding carboxylic acids is 1. The zero-order valence-corrected chi connectivity index (χ0v) is 26.9. The lowest BCUT2D eigenvalue weighted by Crippen LogP contribution is -2.55. The Kier molecular flexibility index (Phi) is 10.4. The van der Waals surface area contributed by atoms with E-state index < -0.39 is 12.1 Å². The molecule has 254 valence electrons. The molecular weight excluding hydrogens is 627 g/mol. The number of alkyl halides is 3. The van der Waals surface area contributed by atoms with Crippen LogP contribution in [-0.4, -0.2) is 101 Å². The molecule has 14 heteroatoms. The molecule has 2 aliphatic heterocycles. The van der Waals surface area contributed by atoms with Gasteiger partial charge in [-0.15, -0.1) is 0 Å². The number of nitriles is 1. The number of nitrogens with zero attached hydrogens (tertiary/aromatic N) is 7. The lowest BCUT2D eigenvalue weighted by molar-refractivity contribution is -0.192. The van der Waals surface area contributed by atoms with E-state index in [0.29, 0.717) is 38.2 Å². The summed E-state index contributed by atoms with van der Waals surface area (Å²) in [5.74, 6) is -2.02. The van der Waals surface area contributed by atoms with E-state index in [1.165, 1.54) is 22.5 Å². The zero-order valence-electron chi connectivity index (χ0n) is 26.9. The number of carboxylic acids is 1. The van der Waals surface area contributed by atoms with Crippen molar-refractivity contribution in [2.24, 2.45) is 0 Å². The smallest absolute Gasteiger partial charge is 0.475 e. The van der Waals surface area contributed by atoms with E-state index in [1.54, 1.807) is 4.90 Å². The summed E-state index contributed by atoms with van der Waals surface area (Å²) in [5, 5.41) is 19.1. The van der Waals surface area contributed by atoms with Gasteiger partial charge in [0, 0.05) is 61.7 Å². The number of amides is 1. The maximum atomic E-state index is 12.5. The van der Waals surface area contributed by atoms with Crippen LogP contribution in [0.5, 0.6) is 6.01 Å². The molecule has 0 radical (unpaired) electrons. The highest BCUT2D eigenvalue weighted by Gasteiger charge is 2.38. The molecule has 1 saturated carbocycles. The van der Waals surface area contributed by atoms with Gasteiger partial charge >= 0.3 is 18.2 Å². The fourth-order valence-electron chi connectivity index (χ4n) is 6.33. The van der Waals surface area contributed by atoms with Crippen molar-refractivity contribution in [3.63, 3.8) is 0 Å². The van der Waals surface area contributed by atoms with Gasteiger partial charge in [-0.3, -0.25) is 4.79 Å². The number of benzene rings is 2. The van der Waals surface area contributed by atoms with Gasteiger partial charge in [-0.05, 0) is 38.0 Å². The van der Waals surface area contributed by atoms with Gasteiger partial charge in [0.15, 0.2) is 0 Å². The SMILES string of the molecule is C=CC(=O)N1CCN(c2nc(OC3CC(N(C)C)C3)nc3c2CCN(c2cccc4ccccc24)C3)C[C@@H]1CC#N.O=C(O)C(F)(F)F. The van der Waals surface area contributed by atoms with Crippen LogP contribution in [-0.2, 0) is 22.6 Å². The van der Waals surface area contributed by atoms with Gasteiger partial charge < -0.3 is 29.4 Å². The van der Waals surface area contributed by atoms with Crippen molar-refractivity contribution >= 4 is 34.2 Å². The second-order valence-electron chi connectivity index (χ2n) is 12.3. The van der Waals surface area contributed by atoms with Gasteiger partial charge in [0.25, 0.3) is 0 Å². The molecule has 1 aliphatic carbocycles. The minimum atomic E-state index is -5.08. The van der Waals surface area contributed by atoms with Crippen LogP contribution in [0.2, 0.25) is 0 Å². The molecule has 1 saturated heterocycles. The number of hydrogen-bond acceptors (Lipinski definition) is 9. The number of ether oxygens (including phenoxy) is 1. The van der Waals surface area contributed by atoms with Crippen molar-refractivity contribution in [2.45, 2.75) is 56.6 Å². The molecule has 1 aromatic heterocycles. The summed E-state index contributed by atoms with van der Waals surface area (Å²) in [6, 6.07) is 17.9. The van der Waals surface area contributed by atoms with Gasteiger partial charge in [-0.1, -0.05) is 43.0 Å². The van der Waals surface area contributed by atoms with E-state index in [9.17, 15) is 23.2 Å². The number of fused-ring (bicyclic) bond motifs is 2. The number of halogens is 3. The molecule has 1 atom stereocenters. The van der Waals surface area contributed by atoms with Crippen LogP contribution in [0.25, 0.3) is 10.8 Å². The number of carbonyl (C=O) groups is 2. The standard InChI is InChI=1S/C32H37N7O2.C2HF3O2/c1-4-30(40)39-17-16-38(20-23(39)12-14-33)31-27-13-15-37(29-11-7-9-22-8-5-6-10-26(22)29)21-28(27)34-32(35-31)41-25-18-24(19-25)36(2)3;3-2(4,5)1(6)7/h4-11,23-25H,1,12-13,15-21H2,2-3H3;(H,6,7)/t23-,24?,25?;/m0./s1. The fraction of sp³-hybridized carbons (Fsp3) is 0.441. The first-order valence-electron chi connectivity index (χ1n) is 15.7. The second-order valence-corrected chi connectivity index (χ2v) is 12.3. The molecule has 2 aromatic carbocycles. The maximum Gasteiger partial charge on any atom is 0.490 e. The summed E-state index contributed by atoms with van der Waals surface area (Å²) in [4.78, 5) is 40.0. The molecule has 3 heterocycles. The minimum Gasteiger partial charge on any atom is -0.475 e. The van der Waals surface area contributed by atoms with Crippen LogP contribution in [0.3, 0.4) is 0 Å². The average molecular weight is 666 g/mol. The molecule has 0 unspecified atom stereocenters. The maximum absolute atomic E-state index is 12.5. The number of anilines is 2. The fourth-order valence-corrected chi connectivity index (χ4v) is 6.33. The molecular formula is C34H38F3N7O4. The van der Waals surface area contributed by atoms with E-state index in [2.05, 4.69) is 83.9 Å². The second kappa shape index (κ2) is 14.5. The molecule has 48 heavy (non-hydrogen) atoms. The number of aromatic nitrogens is 2. The van der Waals surface area contributed by atoms with Crippen LogP contribution >= 0.6 is 0 Å². The first-order valence-corrected chi connectivity index (χ1v) is 15.7. The summed E-state index contributed by atoms with van der Waals surface area (Å²) in [5.41, 5.74) is 3.32. The van der Waals surface area contributed by atoms with Gasteiger partial charge in [-0.2, -0.15) is 28.4 Å². The molecule has 2 fully saturated rings. The Morgan fingerprint density at radius 2 is 1.81 bits per heavy atom. The minimum absolute atomic E-state index is 0.0967. The summed E-state index contributed by atoms with van der Waals surface area (Å²) >= 11 is 0. The Morgan fingerprint density at radius 3 is 2.48 bits per heavy atom. The first-order chi connectivity index (χ1) is 22.9. The molecule has 3 aromatic rings. The van der Waals surface area contributed by atoms with Crippen molar-refractivity contribution in [1.82, 2.24) is 19.8 Å². The highest BCUT2D eigenvalue weighted by Crippen LogP contribution is 2.36. The molecule has 11 nitrogen and oxygen atoms in total. The van der Waals surface area contributed by atoms with Crippen molar-refractivity contribution in [3.05, 3.63) is 66.4 Å². The van der Waals surface area contributed by atoms with Gasteiger partial charge in [0.1, 0.15) is 11.9 Å². The van der Waals surface area contributed by atoms with Crippen molar-refractivity contribution in [2.75, 3.05) is 50.1 Å². The number of rotatable bonds is 7. The Labute approximate surface area is 276 Å². The van der Waals surface area contributed by atoms with Gasteiger partial charge in [0.2, 0.25) is 5.91 Å². The van der Waals surface area contributed by atoms with Gasteiger partial charge in [-0.25, -0.2) is 4.79 Å². The number of carboxylic acid groups (broad SMARTS) is 1. The number of piperazine rings is 1. The third kappa shape index (κ3) is 7.62. The van der Waals surface area contributed by atoms with Crippen molar-refractivity contribution < 1.29 is 32.6 Å². The molecule has 3 aliphatic rings. The Hall–Kier alpha value is -4.90. The average Bonchev–Trinajstić information content (AvgIpc) is 3.04. The van der Waals surface area contributed by atoms with Crippen LogP contribution in [0.4, 0.5) is 24.7 Å². The van der Waals surface area contributed by atoms with E-state index in [-0.39, 0.29) is 24.5 Å². The van der Waals surface area contributed by atoms with Crippen LogP contribution < -0.4 is 14.5 Å². The van der Waals surface area contributed by atoms with E-state index in [0.717, 1.165) is 42.9 Å². The lowest BCUT2D eigenvalue weighted by Gasteiger charge is -2.42. The molecule has 1 amide bonds. The predicted molar refractivity (Wildman–Crippen MR) is 174 cm³/mol. The van der Waals surface area contributed by atoms with Gasteiger partial charge in [0.05, 0.1) is 30.8 Å². The van der Waals surface area contributed by atoms with E-state index in [4.69, 9.17) is 24.6 Å². The third-order valence-electron chi connectivity index (χ3n) is 9.01. The summed E-state index contributed by atoms with van der Waals surface area (Å²) in [7, 11) is 4.20. The van der Waals surface area contributed by atoms with Crippen LogP contribution in [0, 0.1) is 11.3 Å². The monoisotopic (exact) mass is 665 g/mol. The highest BCUT2D eigenvalue weighted by molar-refractivity contribution is 5.94. The number of hydrogen-bond donors (Lipinski definition) is 1. The highest BCUT2D eigenvalue weighted by atomic mass is 19.4. The number of aliphatic carboxylic acids is 1. The molecule has 6 rings (SSSR count). The van der Waals surface area contributed by atoms with Crippen molar-refractivity contribution in [3.8, 4) is 12.1 Å². The molecule has 1 N–H and O–H groups in total. The lowest BCUT2D eigenvalue weighted by atomic mass is 9.88. The Balaban J connectivity index is 0.000000582. The summed E-state index contributed by atoms with van der Waals surface area (Å²) in [6.45, 7) is 6.85. The molecule has 0 spiro atoms. The third-order valence-corrected chi connectivity index (χ3v) is 9.01. The quantitative estimate of drug-likeness (QED) is 0.363. The Bertz CT molecular complexity index is 1700. The van der Waals surface area contributed by atoms with E-state index in [1.807, 2.05) is 0 Å². The van der Waals surface area contributed by atoms with Crippen LogP contribution in [0.15, 0.2) is 55.1 Å². The van der Waals surface area contributed by atoms with Crippen LogP contribution in [0.1, 0.15) is 30.5 Å². The summed E-state index contributed by atoms with van der Waals surface area (Å²) < 4.78 is 38.1. The zero-order chi connectivity index (χ0) is 34.6. The Morgan fingerprint density at radius 1 is 1.10 bits per heavy atom. The predicted octanol–water partition coefficient (Wildman–Crippen LogP) is 4.41. The summed E-state index contributed by atoms with van der Waals surface area (Å²) in [6.07, 6.45) is -0.681. The molecule has 0 bridgehead atoms.